The number of hydrogen-bond acceptors (Lipinski definition) is 4. The topological polar surface area (TPSA) is 44.2 Å². The first-order valence-electron chi connectivity index (χ1n) is 4.67. The molecule has 0 saturated carbocycles. The van der Waals surface area contributed by atoms with Crippen LogP contribution in [0.1, 0.15) is 0 Å². The number of nitrogens with zero attached hydrogens (tertiary/aromatic N) is 2. The molecular formula is C11H8Br2N2O2. The SMILES string of the molecule is COc1ccc(Oc2ncncc2Br)c(Br)c1. The van der Waals surface area contributed by atoms with Crippen molar-refractivity contribution in [2.45, 2.75) is 0 Å². The Morgan fingerprint density at radius 3 is 2.65 bits per heavy atom. The maximum Gasteiger partial charge on any atom is 0.236 e. The molecule has 2 rings (SSSR count). The largest absolute Gasteiger partial charge is 0.497 e. The molecule has 0 fully saturated rings. The summed E-state index contributed by atoms with van der Waals surface area (Å²) in [6.45, 7) is 0. The molecule has 88 valence electrons. The molecule has 0 amide bonds. The van der Waals surface area contributed by atoms with E-state index in [1.54, 1.807) is 19.4 Å². The minimum Gasteiger partial charge on any atom is -0.497 e. The lowest BCUT2D eigenvalue weighted by molar-refractivity contribution is 0.411. The van der Waals surface area contributed by atoms with Gasteiger partial charge in [-0.05, 0) is 50.1 Å². The predicted molar refractivity (Wildman–Crippen MR) is 70.5 cm³/mol. The van der Waals surface area contributed by atoms with Crippen LogP contribution in [0.25, 0.3) is 0 Å². The second kappa shape index (κ2) is 5.46. The van der Waals surface area contributed by atoms with Crippen LogP contribution in [0.3, 0.4) is 0 Å². The molecule has 0 radical (unpaired) electrons. The monoisotopic (exact) mass is 358 g/mol. The van der Waals surface area contributed by atoms with Crippen LogP contribution in [0, 0.1) is 0 Å². The number of methoxy groups -OCH3 is 1. The fourth-order valence-corrected chi connectivity index (χ4v) is 1.91. The highest BCUT2D eigenvalue weighted by Crippen LogP contribution is 2.34. The van der Waals surface area contributed by atoms with E-state index >= 15 is 0 Å². The number of rotatable bonds is 3. The lowest BCUT2D eigenvalue weighted by Crippen LogP contribution is -1.91. The van der Waals surface area contributed by atoms with Gasteiger partial charge in [-0.1, -0.05) is 0 Å². The van der Waals surface area contributed by atoms with Crippen LogP contribution in [0.4, 0.5) is 0 Å². The lowest BCUT2D eigenvalue weighted by atomic mass is 10.3. The summed E-state index contributed by atoms with van der Waals surface area (Å²) in [6.07, 6.45) is 3.05. The van der Waals surface area contributed by atoms with E-state index in [4.69, 9.17) is 9.47 Å². The molecule has 1 aromatic carbocycles. The van der Waals surface area contributed by atoms with Crippen molar-refractivity contribution in [2.75, 3.05) is 7.11 Å². The van der Waals surface area contributed by atoms with Gasteiger partial charge in [-0.3, -0.25) is 0 Å². The summed E-state index contributed by atoms with van der Waals surface area (Å²) in [5.41, 5.74) is 0. The molecule has 0 spiro atoms. The quantitative estimate of drug-likeness (QED) is 0.835. The van der Waals surface area contributed by atoms with Gasteiger partial charge in [-0.2, -0.15) is 0 Å². The van der Waals surface area contributed by atoms with E-state index in [2.05, 4.69) is 41.8 Å². The molecule has 0 aliphatic carbocycles. The third-order valence-electron chi connectivity index (χ3n) is 1.98. The zero-order valence-corrected chi connectivity index (χ0v) is 12.0. The van der Waals surface area contributed by atoms with E-state index in [1.165, 1.54) is 6.33 Å². The van der Waals surface area contributed by atoms with Gasteiger partial charge in [-0.15, -0.1) is 0 Å². The van der Waals surface area contributed by atoms with Crippen molar-refractivity contribution in [3.63, 3.8) is 0 Å². The molecule has 0 N–H and O–H groups in total. The van der Waals surface area contributed by atoms with Gasteiger partial charge in [0.05, 0.1) is 16.1 Å². The minimum atomic E-state index is 0.464. The summed E-state index contributed by atoms with van der Waals surface area (Å²) in [5.74, 6) is 1.88. The average Bonchev–Trinajstić information content (AvgIpc) is 2.34. The number of benzene rings is 1. The molecule has 0 atom stereocenters. The normalized spacial score (nSPS) is 10.1. The van der Waals surface area contributed by atoms with Crippen LogP contribution in [-0.4, -0.2) is 17.1 Å². The third kappa shape index (κ3) is 2.95. The first-order valence-corrected chi connectivity index (χ1v) is 6.26. The molecule has 0 bridgehead atoms. The molecule has 17 heavy (non-hydrogen) atoms. The van der Waals surface area contributed by atoms with Crippen LogP contribution in [0.5, 0.6) is 17.4 Å². The van der Waals surface area contributed by atoms with Crippen LogP contribution in [0.15, 0.2) is 39.7 Å². The van der Waals surface area contributed by atoms with E-state index in [0.717, 1.165) is 10.2 Å². The lowest BCUT2D eigenvalue weighted by Gasteiger charge is -2.08. The smallest absolute Gasteiger partial charge is 0.236 e. The molecule has 4 nitrogen and oxygen atoms in total. The van der Waals surface area contributed by atoms with E-state index in [9.17, 15) is 0 Å². The molecule has 0 aliphatic heterocycles. The van der Waals surface area contributed by atoms with Gasteiger partial charge < -0.3 is 9.47 Å². The first kappa shape index (κ1) is 12.3. The summed E-state index contributed by atoms with van der Waals surface area (Å²) < 4.78 is 12.2. The van der Waals surface area contributed by atoms with Crippen LogP contribution in [-0.2, 0) is 0 Å². The third-order valence-corrected chi connectivity index (χ3v) is 3.14. The highest BCUT2D eigenvalue weighted by Gasteiger charge is 2.08. The summed E-state index contributed by atoms with van der Waals surface area (Å²) in [7, 11) is 1.61. The zero-order valence-electron chi connectivity index (χ0n) is 8.85. The maximum absolute atomic E-state index is 5.64. The van der Waals surface area contributed by atoms with Crippen molar-refractivity contribution in [3.05, 3.63) is 39.7 Å². The molecule has 6 heteroatoms. The Balaban J connectivity index is 2.28. The van der Waals surface area contributed by atoms with Crippen molar-refractivity contribution < 1.29 is 9.47 Å². The van der Waals surface area contributed by atoms with Crippen LogP contribution >= 0.6 is 31.9 Å². The number of ether oxygens (including phenoxy) is 2. The Morgan fingerprint density at radius 2 is 2.00 bits per heavy atom. The molecule has 1 aromatic heterocycles. The fraction of sp³-hybridized carbons (Fsp3) is 0.0909. The minimum absolute atomic E-state index is 0.464. The van der Waals surface area contributed by atoms with Crippen molar-refractivity contribution in [2.24, 2.45) is 0 Å². The Morgan fingerprint density at radius 1 is 1.18 bits per heavy atom. The van der Waals surface area contributed by atoms with Crippen molar-refractivity contribution in [1.82, 2.24) is 9.97 Å². The number of hydrogen-bond donors (Lipinski definition) is 0. The first-order chi connectivity index (χ1) is 8.20. The standard InChI is InChI=1S/C11H8Br2N2O2/c1-16-7-2-3-10(8(12)4-7)17-11-9(13)5-14-6-15-11/h2-6H,1H3. The number of aromatic nitrogens is 2. The van der Waals surface area contributed by atoms with Gasteiger partial charge in [0.25, 0.3) is 0 Å². The summed E-state index contributed by atoms with van der Waals surface area (Å²) in [5, 5.41) is 0. The Bertz CT molecular complexity index is 535. The Kier molecular flexibility index (Phi) is 3.96. The molecule has 1 heterocycles. The highest BCUT2D eigenvalue weighted by molar-refractivity contribution is 9.11. The Labute approximate surface area is 115 Å². The molecule has 2 aromatic rings. The average molecular weight is 360 g/mol. The van der Waals surface area contributed by atoms with Gasteiger partial charge in [0.2, 0.25) is 5.88 Å². The van der Waals surface area contributed by atoms with E-state index < -0.39 is 0 Å². The van der Waals surface area contributed by atoms with Crippen LogP contribution < -0.4 is 9.47 Å². The zero-order chi connectivity index (χ0) is 12.3. The fourth-order valence-electron chi connectivity index (χ4n) is 1.17. The predicted octanol–water partition coefficient (Wildman–Crippen LogP) is 3.80. The summed E-state index contributed by atoms with van der Waals surface area (Å²) in [6, 6.07) is 5.44. The molecule has 0 aliphatic rings. The van der Waals surface area contributed by atoms with E-state index in [1.807, 2.05) is 12.1 Å². The number of halogens is 2. The van der Waals surface area contributed by atoms with Gasteiger partial charge in [-0.25, -0.2) is 9.97 Å². The highest BCUT2D eigenvalue weighted by atomic mass is 79.9. The summed E-state index contributed by atoms with van der Waals surface area (Å²) in [4.78, 5) is 7.89. The van der Waals surface area contributed by atoms with Gasteiger partial charge in [0.1, 0.15) is 17.8 Å². The van der Waals surface area contributed by atoms with Gasteiger partial charge in [0.15, 0.2) is 0 Å². The molecule has 0 saturated heterocycles. The van der Waals surface area contributed by atoms with Crippen molar-refractivity contribution in [3.8, 4) is 17.4 Å². The Hall–Kier alpha value is -1.14. The van der Waals surface area contributed by atoms with Crippen molar-refractivity contribution in [1.29, 1.82) is 0 Å². The molecule has 0 unspecified atom stereocenters. The van der Waals surface area contributed by atoms with Crippen molar-refractivity contribution >= 4 is 31.9 Å². The van der Waals surface area contributed by atoms with E-state index in [0.29, 0.717) is 16.1 Å². The second-order valence-electron chi connectivity index (χ2n) is 3.07. The second-order valence-corrected chi connectivity index (χ2v) is 4.78. The summed E-state index contributed by atoms with van der Waals surface area (Å²) >= 11 is 6.72. The van der Waals surface area contributed by atoms with E-state index in [-0.39, 0.29) is 0 Å². The van der Waals surface area contributed by atoms with Crippen LogP contribution in [0.2, 0.25) is 0 Å². The maximum atomic E-state index is 5.64. The van der Waals surface area contributed by atoms with Gasteiger partial charge >= 0.3 is 0 Å². The van der Waals surface area contributed by atoms with Gasteiger partial charge in [0, 0.05) is 6.20 Å². The molecular weight excluding hydrogens is 352 g/mol.